The van der Waals surface area contributed by atoms with Gasteiger partial charge < -0.3 is 0 Å². The van der Waals surface area contributed by atoms with E-state index in [4.69, 9.17) is 0 Å². The normalized spacial score (nSPS) is 0. The van der Waals surface area contributed by atoms with Crippen LogP contribution in [-0.2, 0) is 0 Å². The van der Waals surface area contributed by atoms with E-state index in [0.29, 0.717) is 0 Å². The molecule has 0 rings (SSSR count). The van der Waals surface area contributed by atoms with Gasteiger partial charge in [-0.3, -0.25) is 0 Å². The quantitative estimate of drug-likeness (QED) is 0.408. The zero-order valence-electron chi connectivity index (χ0n) is 3.00. The van der Waals surface area contributed by atoms with E-state index >= 15 is 0 Å². The second kappa shape index (κ2) is 16.5. The monoisotopic (exact) mass is 194 g/mol. The zero-order chi connectivity index (χ0) is 0. The first kappa shape index (κ1) is 27.6. The van der Waals surface area contributed by atoms with Gasteiger partial charge in [0.1, 0.15) is 0 Å². The summed E-state index contributed by atoms with van der Waals surface area (Å²) in [5, 5.41) is 0. The van der Waals surface area contributed by atoms with Crippen molar-refractivity contribution >= 4 is 94.3 Å². The van der Waals surface area contributed by atoms with Gasteiger partial charge in [0, 0.05) is 94.3 Å². The predicted molar refractivity (Wildman–Crippen MR) is 23.0 cm³/mol. The molecular formula is Ge2Na2. The van der Waals surface area contributed by atoms with Crippen LogP contribution in [-0.4, -0.2) is 94.3 Å². The van der Waals surface area contributed by atoms with Crippen LogP contribution in [0.25, 0.3) is 0 Å². The maximum atomic E-state index is 0. The molecule has 4 heavy (non-hydrogen) atoms. The van der Waals surface area contributed by atoms with Crippen LogP contribution in [0, 0.1) is 0 Å². The van der Waals surface area contributed by atoms with Crippen LogP contribution < -0.4 is 0 Å². The molecule has 4 heteroatoms. The molecule has 0 aromatic carbocycles. The van der Waals surface area contributed by atoms with Gasteiger partial charge in [0.25, 0.3) is 0 Å². The smallest absolute Gasteiger partial charge is 0 e. The van der Waals surface area contributed by atoms with Gasteiger partial charge >= 0.3 is 0 Å². The molecule has 0 nitrogen and oxygen atoms in total. The Morgan fingerprint density at radius 2 is 0.500 bits per heavy atom. The van der Waals surface area contributed by atoms with Crippen LogP contribution in [0.2, 0.25) is 0 Å². The van der Waals surface area contributed by atoms with Crippen molar-refractivity contribution in [3.63, 3.8) is 0 Å². The molecule has 0 spiro atoms. The van der Waals surface area contributed by atoms with Crippen molar-refractivity contribution in [2.24, 2.45) is 0 Å². The number of rotatable bonds is 0. The molecule has 0 saturated carbocycles. The van der Waals surface area contributed by atoms with Crippen molar-refractivity contribution in [2.75, 3.05) is 0 Å². The first-order valence-electron chi connectivity index (χ1n) is 0. The molecule has 10 valence electrons. The molecule has 0 amide bonds. The SMILES string of the molecule is [Ge].[Ge].[Na].[Na]. The topological polar surface area (TPSA) is 0 Å². The Balaban J connectivity index is 0. The largest absolute Gasteiger partial charge is 0 e. The molecule has 0 N–H and O–H groups in total. The summed E-state index contributed by atoms with van der Waals surface area (Å²) in [6, 6.07) is 0. The molecule has 0 atom stereocenters. The molecule has 0 aromatic heterocycles. The van der Waals surface area contributed by atoms with Crippen molar-refractivity contribution in [3.8, 4) is 0 Å². The molecule has 0 aliphatic rings. The van der Waals surface area contributed by atoms with Crippen LogP contribution in [0.5, 0.6) is 0 Å². The molecule has 0 bridgehead atoms. The van der Waals surface area contributed by atoms with Crippen molar-refractivity contribution in [3.05, 3.63) is 0 Å². The van der Waals surface area contributed by atoms with E-state index in [9.17, 15) is 0 Å². The molecule has 0 aromatic rings. The van der Waals surface area contributed by atoms with E-state index in [0.717, 1.165) is 0 Å². The average Bonchev–Trinajstić information content (AvgIpc) is 0. The first-order chi connectivity index (χ1) is 0. The van der Waals surface area contributed by atoms with Crippen molar-refractivity contribution < 1.29 is 0 Å². The van der Waals surface area contributed by atoms with Gasteiger partial charge in [0.05, 0.1) is 0 Å². The van der Waals surface area contributed by atoms with Gasteiger partial charge in [-0.1, -0.05) is 0 Å². The Bertz CT molecular complexity index is 4.00. The fourth-order valence-electron chi connectivity index (χ4n) is 0. The standard InChI is InChI=1S/2Ge.2Na. The summed E-state index contributed by atoms with van der Waals surface area (Å²) in [5.74, 6) is 0. The minimum Gasteiger partial charge on any atom is 0 e. The summed E-state index contributed by atoms with van der Waals surface area (Å²) in [7, 11) is 0. The Morgan fingerprint density at radius 3 is 0.500 bits per heavy atom. The molecule has 0 saturated heterocycles. The molecule has 0 fully saturated rings. The van der Waals surface area contributed by atoms with Gasteiger partial charge in [0.15, 0.2) is 0 Å². The second-order valence-corrected chi connectivity index (χ2v) is 0. The van der Waals surface area contributed by atoms with E-state index in [2.05, 4.69) is 0 Å². The minimum absolute atomic E-state index is 0. The minimum atomic E-state index is 0. The Hall–Kier alpha value is 3.09. The van der Waals surface area contributed by atoms with Crippen LogP contribution in [0.4, 0.5) is 0 Å². The van der Waals surface area contributed by atoms with Gasteiger partial charge in [0.2, 0.25) is 0 Å². The van der Waals surface area contributed by atoms with Gasteiger partial charge in [-0.25, -0.2) is 0 Å². The Labute approximate surface area is 92.4 Å². The van der Waals surface area contributed by atoms with Crippen LogP contribution in [0.1, 0.15) is 0 Å². The zero-order valence-corrected chi connectivity index (χ0v) is 11.2. The van der Waals surface area contributed by atoms with E-state index in [1.807, 2.05) is 0 Å². The van der Waals surface area contributed by atoms with Crippen molar-refractivity contribution in [2.45, 2.75) is 0 Å². The van der Waals surface area contributed by atoms with E-state index in [1.165, 1.54) is 0 Å². The fourth-order valence-corrected chi connectivity index (χ4v) is 0. The second-order valence-electron chi connectivity index (χ2n) is 0. The van der Waals surface area contributed by atoms with Gasteiger partial charge in [-0.15, -0.1) is 0 Å². The molecular weight excluding hydrogens is 191 g/mol. The summed E-state index contributed by atoms with van der Waals surface area (Å²) in [6.07, 6.45) is 0. The average molecular weight is 191 g/mol. The maximum Gasteiger partial charge on any atom is 0 e. The molecule has 0 aliphatic heterocycles. The van der Waals surface area contributed by atoms with Crippen LogP contribution >= 0.6 is 0 Å². The number of hydrogen-bond acceptors (Lipinski definition) is 0. The Morgan fingerprint density at radius 1 is 0.500 bits per heavy atom. The summed E-state index contributed by atoms with van der Waals surface area (Å²) < 4.78 is 0. The third-order valence-corrected chi connectivity index (χ3v) is 0. The molecule has 10 radical (unpaired) electrons. The van der Waals surface area contributed by atoms with Crippen molar-refractivity contribution in [1.82, 2.24) is 0 Å². The summed E-state index contributed by atoms with van der Waals surface area (Å²) in [4.78, 5) is 0. The maximum absolute atomic E-state index is 0. The molecule has 0 heterocycles. The van der Waals surface area contributed by atoms with Gasteiger partial charge in [-0.2, -0.15) is 0 Å². The third kappa shape index (κ3) is 8.92. The van der Waals surface area contributed by atoms with E-state index in [1.54, 1.807) is 0 Å². The van der Waals surface area contributed by atoms with Crippen molar-refractivity contribution in [1.29, 1.82) is 0 Å². The molecule has 0 unspecified atom stereocenters. The van der Waals surface area contributed by atoms with Crippen LogP contribution in [0.3, 0.4) is 0 Å². The first-order valence-corrected chi connectivity index (χ1v) is 0. The summed E-state index contributed by atoms with van der Waals surface area (Å²) in [5.41, 5.74) is 0. The van der Waals surface area contributed by atoms with E-state index in [-0.39, 0.29) is 94.3 Å². The van der Waals surface area contributed by atoms with E-state index < -0.39 is 0 Å². The Kier molecular flexibility index (Phi) is 114. The van der Waals surface area contributed by atoms with Crippen LogP contribution in [0.15, 0.2) is 0 Å². The molecule has 0 aliphatic carbocycles. The predicted octanol–water partition coefficient (Wildman–Crippen LogP) is -1.52. The fraction of sp³-hybridized carbons (Fsp3) is 0. The number of hydrogen-bond donors (Lipinski definition) is 0. The summed E-state index contributed by atoms with van der Waals surface area (Å²) >= 11 is 0. The summed E-state index contributed by atoms with van der Waals surface area (Å²) in [6.45, 7) is 0. The van der Waals surface area contributed by atoms with Gasteiger partial charge in [-0.05, 0) is 0 Å². The third-order valence-electron chi connectivity index (χ3n) is 0.